The molecule has 1 aromatic heterocycles. The lowest BCUT2D eigenvalue weighted by atomic mass is 10.2. The largest absolute Gasteiger partial charge is 0.475 e. The zero-order chi connectivity index (χ0) is 14.8. The van der Waals surface area contributed by atoms with Crippen LogP contribution >= 0.6 is 0 Å². The van der Waals surface area contributed by atoms with Crippen LogP contribution in [-0.2, 0) is 0 Å². The van der Waals surface area contributed by atoms with Crippen molar-refractivity contribution in [1.82, 2.24) is 19.9 Å². The number of nitrogens with one attached hydrogen (secondary N) is 1. The Morgan fingerprint density at radius 1 is 1.19 bits per heavy atom. The number of carboxylic acid groups (broad SMARTS) is 1. The lowest BCUT2D eigenvalue weighted by Gasteiger charge is -2.32. The van der Waals surface area contributed by atoms with Gasteiger partial charge in [0.2, 0.25) is 5.82 Å². The summed E-state index contributed by atoms with van der Waals surface area (Å²) in [6.45, 7) is 3.64. The van der Waals surface area contributed by atoms with Crippen LogP contribution in [-0.4, -0.2) is 64.2 Å². The number of hydrogen-bond acceptors (Lipinski definition) is 6. The standard InChI is InChI=1S/C14H17N5O2/c1-18-6-8-19(9-7-18)17-12-10-4-2-3-5-11(10)15-13(16-12)14(20)21/h2-5H,6-9H2,1H3,(H,20,21)(H,15,16,17). The van der Waals surface area contributed by atoms with Gasteiger partial charge in [0.05, 0.1) is 5.52 Å². The Bertz CT molecular complexity index is 667. The Balaban J connectivity index is 1.94. The Kier molecular flexibility index (Phi) is 3.68. The summed E-state index contributed by atoms with van der Waals surface area (Å²) in [4.78, 5) is 21.6. The van der Waals surface area contributed by atoms with Crippen LogP contribution in [0.4, 0.5) is 5.82 Å². The average molecular weight is 287 g/mol. The molecule has 0 amide bonds. The van der Waals surface area contributed by atoms with Gasteiger partial charge < -0.3 is 15.4 Å². The maximum atomic E-state index is 11.2. The number of carbonyl (C=O) groups is 1. The Morgan fingerprint density at radius 3 is 2.62 bits per heavy atom. The first-order valence-electron chi connectivity index (χ1n) is 6.84. The highest BCUT2D eigenvalue weighted by Gasteiger charge is 2.17. The molecule has 1 aromatic carbocycles. The molecule has 3 rings (SSSR count). The first-order valence-corrected chi connectivity index (χ1v) is 6.84. The van der Waals surface area contributed by atoms with E-state index in [4.69, 9.17) is 5.11 Å². The van der Waals surface area contributed by atoms with E-state index in [2.05, 4.69) is 32.4 Å². The first-order chi connectivity index (χ1) is 10.1. The van der Waals surface area contributed by atoms with Crippen LogP contribution in [0.1, 0.15) is 10.6 Å². The maximum absolute atomic E-state index is 11.2. The smallest absolute Gasteiger partial charge is 0.374 e. The van der Waals surface area contributed by atoms with E-state index in [-0.39, 0.29) is 5.82 Å². The number of likely N-dealkylation sites (N-methyl/N-ethyl adjacent to an activating group) is 1. The third-order valence-corrected chi connectivity index (χ3v) is 3.56. The average Bonchev–Trinajstić information content (AvgIpc) is 2.49. The van der Waals surface area contributed by atoms with E-state index in [0.29, 0.717) is 11.3 Å². The van der Waals surface area contributed by atoms with E-state index in [1.807, 2.05) is 18.2 Å². The number of benzene rings is 1. The van der Waals surface area contributed by atoms with Gasteiger partial charge in [-0.3, -0.25) is 0 Å². The number of para-hydroxylation sites is 1. The van der Waals surface area contributed by atoms with Crippen molar-refractivity contribution in [3.63, 3.8) is 0 Å². The second kappa shape index (κ2) is 5.63. The molecule has 2 heterocycles. The summed E-state index contributed by atoms with van der Waals surface area (Å²) in [5.74, 6) is -0.768. The van der Waals surface area contributed by atoms with Crippen molar-refractivity contribution < 1.29 is 9.90 Å². The highest BCUT2D eigenvalue weighted by Crippen LogP contribution is 2.21. The monoisotopic (exact) mass is 287 g/mol. The topological polar surface area (TPSA) is 81.6 Å². The van der Waals surface area contributed by atoms with Crippen LogP contribution < -0.4 is 5.43 Å². The summed E-state index contributed by atoms with van der Waals surface area (Å²) in [5, 5.41) is 12.0. The van der Waals surface area contributed by atoms with Gasteiger partial charge in [-0.25, -0.2) is 19.8 Å². The number of hydrazine groups is 1. The Morgan fingerprint density at radius 2 is 1.90 bits per heavy atom. The molecule has 2 N–H and O–H groups in total. The second-order valence-corrected chi connectivity index (χ2v) is 5.12. The SMILES string of the molecule is CN1CCN(Nc2nc(C(=O)O)nc3ccccc23)CC1. The minimum atomic E-state index is -1.12. The summed E-state index contributed by atoms with van der Waals surface area (Å²) >= 11 is 0. The zero-order valence-electron chi connectivity index (χ0n) is 11.8. The molecule has 0 atom stereocenters. The quantitative estimate of drug-likeness (QED) is 0.868. The number of hydrogen-bond donors (Lipinski definition) is 2. The summed E-state index contributed by atoms with van der Waals surface area (Å²) in [6, 6.07) is 7.40. The van der Waals surface area contributed by atoms with Gasteiger partial charge in [0.15, 0.2) is 5.82 Å². The Labute approximate surface area is 122 Å². The van der Waals surface area contributed by atoms with Crippen molar-refractivity contribution >= 4 is 22.7 Å². The van der Waals surface area contributed by atoms with Gasteiger partial charge in [-0.2, -0.15) is 0 Å². The van der Waals surface area contributed by atoms with Gasteiger partial charge >= 0.3 is 5.97 Å². The molecule has 0 spiro atoms. The molecule has 1 saturated heterocycles. The lowest BCUT2D eigenvalue weighted by Crippen LogP contribution is -2.47. The lowest BCUT2D eigenvalue weighted by molar-refractivity contribution is 0.0684. The molecule has 0 unspecified atom stereocenters. The van der Waals surface area contributed by atoms with Crippen LogP contribution in [0.3, 0.4) is 0 Å². The van der Waals surface area contributed by atoms with E-state index in [1.54, 1.807) is 6.07 Å². The van der Waals surface area contributed by atoms with Crippen molar-refractivity contribution in [2.45, 2.75) is 0 Å². The molecule has 0 radical (unpaired) electrons. The zero-order valence-corrected chi connectivity index (χ0v) is 11.8. The number of piperazine rings is 1. The summed E-state index contributed by atoms with van der Waals surface area (Å²) < 4.78 is 0. The molecule has 0 aliphatic carbocycles. The van der Waals surface area contributed by atoms with Crippen molar-refractivity contribution in [1.29, 1.82) is 0 Å². The van der Waals surface area contributed by atoms with Crippen molar-refractivity contribution in [3.8, 4) is 0 Å². The number of aromatic carboxylic acids is 1. The van der Waals surface area contributed by atoms with E-state index < -0.39 is 5.97 Å². The van der Waals surface area contributed by atoms with Gasteiger partial charge in [0.1, 0.15) is 0 Å². The van der Waals surface area contributed by atoms with Crippen LogP contribution in [0.5, 0.6) is 0 Å². The van der Waals surface area contributed by atoms with Crippen molar-refractivity contribution in [2.24, 2.45) is 0 Å². The molecule has 21 heavy (non-hydrogen) atoms. The third-order valence-electron chi connectivity index (χ3n) is 3.56. The fourth-order valence-corrected chi connectivity index (χ4v) is 2.33. The van der Waals surface area contributed by atoms with E-state index in [0.717, 1.165) is 31.6 Å². The van der Waals surface area contributed by atoms with Crippen LogP contribution in [0.15, 0.2) is 24.3 Å². The van der Waals surface area contributed by atoms with E-state index >= 15 is 0 Å². The maximum Gasteiger partial charge on any atom is 0.374 e. The van der Waals surface area contributed by atoms with Crippen LogP contribution in [0, 0.1) is 0 Å². The van der Waals surface area contributed by atoms with Gasteiger partial charge in [0.25, 0.3) is 0 Å². The molecule has 1 aliphatic heterocycles. The number of carboxylic acids is 1. The number of anilines is 1. The minimum absolute atomic E-state index is 0.190. The predicted octanol–water partition coefficient (Wildman–Crippen LogP) is 0.902. The molecule has 1 fully saturated rings. The third kappa shape index (κ3) is 2.93. The van der Waals surface area contributed by atoms with Crippen LogP contribution in [0.2, 0.25) is 0 Å². The van der Waals surface area contributed by atoms with Gasteiger partial charge in [-0.15, -0.1) is 0 Å². The minimum Gasteiger partial charge on any atom is -0.475 e. The van der Waals surface area contributed by atoms with Crippen molar-refractivity contribution in [3.05, 3.63) is 30.1 Å². The van der Waals surface area contributed by atoms with Crippen molar-refractivity contribution in [2.75, 3.05) is 38.7 Å². The molecule has 110 valence electrons. The molecule has 1 aliphatic rings. The highest BCUT2D eigenvalue weighted by molar-refractivity contribution is 5.93. The molecule has 0 saturated carbocycles. The fraction of sp³-hybridized carbons (Fsp3) is 0.357. The molecular formula is C14H17N5O2. The van der Waals surface area contributed by atoms with Gasteiger partial charge in [0, 0.05) is 31.6 Å². The van der Waals surface area contributed by atoms with E-state index in [9.17, 15) is 4.79 Å². The molecular weight excluding hydrogens is 270 g/mol. The summed E-state index contributed by atoms with van der Waals surface area (Å²) in [7, 11) is 2.08. The predicted molar refractivity (Wildman–Crippen MR) is 79.2 cm³/mol. The molecule has 2 aromatic rings. The Hall–Kier alpha value is -2.25. The first kappa shape index (κ1) is 13.7. The molecule has 0 bridgehead atoms. The fourth-order valence-electron chi connectivity index (χ4n) is 2.33. The summed E-state index contributed by atoms with van der Waals surface area (Å²) in [5.41, 5.74) is 3.86. The number of aromatic nitrogens is 2. The van der Waals surface area contributed by atoms with Gasteiger partial charge in [-0.1, -0.05) is 12.1 Å². The molecule has 7 heteroatoms. The molecule has 7 nitrogen and oxygen atoms in total. The van der Waals surface area contributed by atoms with Crippen LogP contribution in [0.25, 0.3) is 10.9 Å². The second-order valence-electron chi connectivity index (χ2n) is 5.12. The number of nitrogens with zero attached hydrogens (tertiary/aromatic N) is 4. The highest BCUT2D eigenvalue weighted by atomic mass is 16.4. The summed E-state index contributed by atoms with van der Waals surface area (Å²) in [6.07, 6.45) is 0. The number of fused-ring (bicyclic) bond motifs is 1. The van der Waals surface area contributed by atoms with Gasteiger partial charge in [-0.05, 0) is 19.2 Å². The van der Waals surface area contributed by atoms with E-state index in [1.165, 1.54) is 0 Å². The normalized spacial score (nSPS) is 17.0. The number of rotatable bonds is 3.